The molecule has 0 N–H and O–H groups in total. The van der Waals surface area contributed by atoms with E-state index in [2.05, 4.69) is 59.5 Å². The Morgan fingerprint density at radius 1 is 0.621 bits per heavy atom. The van der Waals surface area contributed by atoms with E-state index in [1.165, 1.54) is 23.2 Å². The largest absolute Gasteiger partial charge is 0.367 e. The number of para-hydroxylation sites is 1. The SMILES string of the molecule is C.CC.CC.CC.[2HH].c1ccc(CN2CCc3ccccc32)cc1.c1ccccc1. The van der Waals surface area contributed by atoms with Crippen LogP contribution in [0.2, 0.25) is 0 Å². The first kappa shape index (κ1) is 28.7. The molecule has 1 nitrogen and oxygen atoms in total. The van der Waals surface area contributed by atoms with Gasteiger partial charge in [-0.15, -0.1) is 0 Å². The summed E-state index contributed by atoms with van der Waals surface area (Å²) < 4.78 is 0. The zero-order valence-electron chi connectivity index (χ0n) is 18.7. The van der Waals surface area contributed by atoms with Crippen molar-refractivity contribution in [3.8, 4) is 0 Å². The molecule has 0 saturated heterocycles. The van der Waals surface area contributed by atoms with Gasteiger partial charge in [-0.2, -0.15) is 0 Å². The molecule has 29 heavy (non-hydrogen) atoms. The molecular formula is C28H45N. The molecule has 4 rings (SSSR count). The summed E-state index contributed by atoms with van der Waals surface area (Å²) in [6.07, 6.45) is 1.18. The van der Waals surface area contributed by atoms with Crippen molar-refractivity contribution in [2.45, 2.75) is 61.9 Å². The zero-order valence-corrected chi connectivity index (χ0v) is 18.7. The van der Waals surface area contributed by atoms with Crippen LogP contribution in [-0.4, -0.2) is 6.54 Å². The Balaban J connectivity index is -0.000000444. The molecule has 162 valence electrons. The standard InChI is InChI=1S/C15H15N.C6H6.3C2H6.CH4.H2/c1-2-6-13(7-3-1)12-16-11-10-14-8-4-5-9-15(14)16;1-2-4-6-5-3-1;3*1-2;;/h1-9H,10-12H2;1-6H;3*1-2H3;1H4;1H/i;;;;;;1+1. The van der Waals surface area contributed by atoms with Gasteiger partial charge >= 0.3 is 0 Å². The summed E-state index contributed by atoms with van der Waals surface area (Å²) in [6.45, 7) is 14.2. The molecule has 0 bridgehead atoms. The molecule has 3 aromatic rings. The molecule has 1 aliphatic rings. The molecule has 0 atom stereocenters. The predicted octanol–water partition coefficient (Wildman–Crippen LogP) is 8.90. The van der Waals surface area contributed by atoms with Gasteiger partial charge in [0.1, 0.15) is 0 Å². The molecule has 0 unspecified atom stereocenters. The van der Waals surface area contributed by atoms with Crippen molar-refractivity contribution in [1.82, 2.24) is 0 Å². The normalized spacial score (nSPS) is 9.93. The molecule has 1 heteroatoms. The van der Waals surface area contributed by atoms with E-state index >= 15 is 0 Å². The Morgan fingerprint density at radius 3 is 1.55 bits per heavy atom. The molecule has 3 aromatic carbocycles. The minimum Gasteiger partial charge on any atom is -0.367 e. The van der Waals surface area contributed by atoms with E-state index in [-0.39, 0.29) is 8.85 Å². The van der Waals surface area contributed by atoms with Crippen LogP contribution >= 0.6 is 0 Å². The van der Waals surface area contributed by atoms with Crippen LogP contribution in [0.5, 0.6) is 0 Å². The van der Waals surface area contributed by atoms with Crippen LogP contribution in [0.25, 0.3) is 0 Å². The van der Waals surface area contributed by atoms with Gasteiger partial charge in [0.05, 0.1) is 0 Å². The highest BCUT2D eigenvalue weighted by molar-refractivity contribution is 5.58. The van der Waals surface area contributed by atoms with Crippen LogP contribution in [0.1, 0.15) is 61.5 Å². The van der Waals surface area contributed by atoms with E-state index in [0.29, 0.717) is 0 Å². The Bertz CT molecular complexity index is 657. The molecule has 0 saturated carbocycles. The van der Waals surface area contributed by atoms with Crippen molar-refractivity contribution < 1.29 is 1.43 Å². The van der Waals surface area contributed by atoms with Gasteiger partial charge in [-0.25, -0.2) is 0 Å². The first-order chi connectivity index (χ1) is 13.9. The molecule has 1 aliphatic heterocycles. The number of fused-ring (bicyclic) bond motifs is 1. The third-order valence-corrected chi connectivity index (χ3v) is 3.87. The summed E-state index contributed by atoms with van der Waals surface area (Å²) >= 11 is 0. The molecule has 1 heterocycles. The fraction of sp³-hybridized carbons (Fsp3) is 0.357. The second-order valence-corrected chi connectivity index (χ2v) is 5.44. The van der Waals surface area contributed by atoms with E-state index in [1.807, 2.05) is 77.9 Å². The number of nitrogens with zero attached hydrogens (tertiary/aromatic N) is 1. The second-order valence-electron chi connectivity index (χ2n) is 5.44. The molecular weight excluding hydrogens is 350 g/mol. The summed E-state index contributed by atoms with van der Waals surface area (Å²) in [4.78, 5) is 2.46. The van der Waals surface area contributed by atoms with Crippen molar-refractivity contribution in [2.24, 2.45) is 0 Å². The first-order valence-electron chi connectivity index (χ1n) is 10.8. The summed E-state index contributed by atoms with van der Waals surface area (Å²) in [7, 11) is 0. The van der Waals surface area contributed by atoms with Gasteiger partial charge in [0.25, 0.3) is 0 Å². The lowest BCUT2D eigenvalue weighted by Gasteiger charge is -2.19. The Labute approximate surface area is 182 Å². The van der Waals surface area contributed by atoms with Crippen LogP contribution in [0.4, 0.5) is 5.69 Å². The maximum absolute atomic E-state index is 2.46. The highest BCUT2D eigenvalue weighted by Gasteiger charge is 2.17. The average molecular weight is 397 g/mol. The molecule has 0 aliphatic carbocycles. The second kappa shape index (κ2) is 20.2. The van der Waals surface area contributed by atoms with Crippen molar-refractivity contribution in [2.75, 3.05) is 11.4 Å². The summed E-state index contributed by atoms with van der Waals surface area (Å²) in [5.41, 5.74) is 4.28. The van der Waals surface area contributed by atoms with Crippen LogP contribution in [0.15, 0.2) is 91.0 Å². The molecule has 0 fully saturated rings. The van der Waals surface area contributed by atoms with Crippen molar-refractivity contribution in [1.29, 1.82) is 0 Å². The van der Waals surface area contributed by atoms with E-state index in [9.17, 15) is 0 Å². The molecule has 0 aromatic heterocycles. The number of anilines is 1. The summed E-state index contributed by atoms with van der Waals surface area (Å²) in [6, 6.07) is 31.4. The van der Waals surface area contributed by atoms with E-state index < -0.39 is 0 Å². The van der Waals surface area contributed by atoms with Crippen LogP contribution in [0.3, 0.4) is 0 Å². The fourth-order valence-corrected chi connectivity index (χ4v) is 2.76. The van der Waals surface area contributed by atoms with Crippen molar-refractivity contribution in [3.05, 3.63) is 102 Å². The van der Waals surface area contributed by atoms with E-state index in [4.69, 9.17) is 0 Å². The molecule has 0 amide bonds. The molecule has 0 radical (unpaired) electrons. The fourth-order valence-electron chi connectivity index (χ4n) is 2.76. The topological polar surface area (TPSA) is 3.24 Å². The maximum atomic E-state index is 2.46. The number of rotatable bonds is 2. The Hall–Kier alpha value is -2.54. The number of benzene rings is 3. The van der Waals surface area contributed by atoms with Gasteiger partial charge in [-0.05, 0) is 23.6 Å². The highest BCUT2D eigenvalue weighted by Crippen LogP contribution is 2.28. The Morgan fingerprint density at radius 2 is 1.03 bits per heavy atom. The zero-order chi connectivity index (χ0) is 21.0. The van der Waals surface area contributed by atoms with Crippen LogP contribution < -0.4 is 4.90 Å². The van der Waals surface area contributed by atoms with Gasteiger partial charge in [0, 0.05) is 20.2 Å². The van der Waals surface area contributed by atoms with Crippen molar-refractivity contribution in [3.63, 3.8) is 0 Å². The average Bonchev–Trinajstić information content (AvgIpc) is 3.23. The summed E-state index contributed by atoms with van der Waals surface area (Å²) in [5.74, 6) is 0. The van der Waals surface area contributed by atoms with Gasteiger partial charge in [-0.3, -0.25) is 0 Å². The highest BCUT2D eigenvalue weighted by atomic mass is 15.1. The maximum Gasteiger partial charge on any atom is 0.0429 e. The van der Waals surface area contributed by atoms with E-state index in [0.717, 1.165) is 13.1 Å². The lowest BCUT2D eigenvalue weighted by Crippen LogP contribution is -2.19. The molecule has 0 spiro atoms. The van der Waals surface area contributed by atoms with Crippen molar-refractivity contribution >= 4 is 5.69 Å². The number of hydrogen-bond donors (Lipinski definition) is 0. The first-order valence-corrected chi connectivity index (χ1v) is 10.8. The number of hydrogen-bond acceptors (Lipinski definition) is 1. The monoisotopic (exact) mass is 396 g/mol. The smallest absolute Gasteiger partial charge is 0.0429 e. The minimum atomic E-state index is 0. The lowest BCUT2D eigenvalue weighted by atomic mass is 10.2. The van der Waals surface area contributed by atoms with Crippen LogP contribution in [-0.2, 0) is 13.0 Å². The third kappa shape index (κ3) is 11.1. The predicted molar refractivity (Wildman–Crippen MR) is 137 cm³/mol. The van der Waals surface area contributed by atoms with Gasteiger partial charge in [0.2, 0.25) is 0 Å². The van der Waals surface area contributed by atoms with Gasteiger partial charge in [-0.1, -0.05) is 134 Å². The quantitative estimate of drug-likeness (QED) is 0.418. The van der Waals surface area contributed by atoms with E-state index in [1.54, 1.807) is 0 Å². The lowest BCUT2D eigenvalue weighted by molar-refractivity contribution is 0.836. The minimum absolute atomic E-state index is 0. The van der Waals surface area contributed by atoms with Crippen LogP contribution in [0, 0.1) is 0 Å². The third-order valence-electron chi connectivity index (χ3n) is 3.87. The Kier molecular flexibility index (Phi) is 20.0. The summed E-state index contributed by atoms with van der Waals surface area (Å²) in [5, 5.41) is 0. The van der Waals surface area contributed by atoms with Gasteiger partial charge in [0.15, 0.2) is 0 Å². The van der Waals surface area contributed by atoms with Gasteiger partial charge < -0.3 is 4.90 Å².